The minimum absolute atomic E-state index is 0.203. The van der Waals surface area contributed by atoms with Crippen molar-refractivity contribution in [2.75, 3.05) is 38.8 Å². The number of hydrogen-bond acceptors (Lipinski definition) is 6. The van der Waals surface area contributed by atoms with E-state index in [2.05, 4.69) is 9.72 Å². The highest BCUT2D eigenvalue weighted by Gasteiger charge is 2.16. The molecule has 0 N–H and O–H groups in total. The molecule has 7 heteroatoms. The van der Waals surface area contributed by atoms with E-state index in [0.29, 0.717) is 31.1 Å². The van der Waals surface area contributed by atoms with Gasteiger partial charge in [-0.3, -0.25) is 4.79 Å². The Kier molecular flexibility index (Phi) is 6.77. The maximum atomic E-state index is 11.2. The van der Waals surface area contributed by atoms with Crippen molar-refractivity contribution in [2.24, 2.45) is 0 Å². The molecule has 0 radical (unpaired) electrons. The Morgan fingerprint density at radius 1 is 1.50 bits per heavy atom. The van der Waals surface area contributed by atoms with Crippen LogP contribution >= 0.6 is 11.6 Å². The number of carbonyl (C=O) groups excluding carboxylic acids is 1. The number of hydrogen-bond donors (Lipinski definition) is 0. The number of anilines is 1. The summed E-state index contributed by atoms with van der Waals surface area (Å²) in [7, 11) is 2.92. The molecular formula is C13H16ClN3O3. The quantitative estimate of drug-likeness (QED) is 0.712. The van der Waals surface area contributed by atoms with Crippen molar-refractivity contribution in [1.29, 1.82) is 5.26 Å². The molecular weight excluding hydrogens is 282 g/mol. The van der Waals surface area contributed by atoms with Crippen LogP contribution in [0, 0.1) is 11.3 Å². The minimum atomic E-state index is -0.319. The third-order valence-corrected chi connectivity index (χ3v) is 3.04. The van der Waals surface area contributed by atoms with Crippen LogP contribution in [0.3, 0.4) is 0 Å². The van der Waals surface area contributed by atoms with Gasteiger partial charge in [0.2, 0.25) is 0 Å². The smallest absolute Gasteiger partial charge is 0.307 e. The zero-order valence-corrected chi connectivity index (χ0v) is 12.2. The molecule has 1 aromatic rings. The predicted octanol–water partition coefficient (Wildman–Crippen LogP) is 1.62. The summed E-state index contributed by atoms with van der Waals surface area (Å²) in [4.78, 5) is 17.2. The topological polar surface area (TPSA) is 75.4 Å². The number of rotatable bonds is 7. The fraction of sp³-hybridized carbons (Fsp3) is 0.462. The van der Waals surface area contributed by atoms with Gasteiger partial charge in [0, 0.05) is 26.4 Å². The average Bonchev–Trinajstić information content (AvgIpc) is 2.47. The van der Waals surface area contributed by atoms with E-state index in [9.17, 15) is 4.79 Å². The molecule has 6 nitrogen and oxygen atoms in total. The van der Waals surface area contributed by atoms with E-state index in [-0.39, 0.29) is 17.4 Å². The molecule has 0 amide bonds. The number of ether oxygens (including phenoxy) is 2. The van der Waals surface area contributed by atoms with Crippen LogP contribution in [-0.2, 0) is 14.3 Å². The van der Waals surface area contributed by atoms with Crippen molar-refractivity contribution in [3.8, 4) is 6.07 Å². The van der Waals surface area contributed by atoms with Gasteiger partial charge in [0.05, 0.1) is 25.7 Å². The van der Waals surface area contributed by atoms with Gasteiger partial charge in [0.25, 0.3) is 0 Å². The number of methoxy groups -OCH3 is 2. The lowest BCUT2D eigenvalue weighted by Gasteiger charge is -2.24. The van der Waals surface area contributed by atoms with Crippen LogP contribution in [0.15, 0.2) is 12.3 Å². The number of esters is 1. The first-order valence-electron chi connectivity index (χ1n) is 5.99. The summed E-state index contributed by atoms with van der Waals surface area (Å²) in [6.07, 6.45) is 1.71. The van der Waals surface area contributed by atoms with Gasteiger partial charge < -0.3 is 14.4 Å². The van der Waals surface area contributed by atoms with Gasteiger partial charge in [-0.1, -0.05) is 11.6 Å². The Morgan fingerprint density at radius 2 is 2.25 bits per heavy atom. The molecule has 0 bridgehead atoms. The van der Waals surface area contributed by atoms with Crippen LogP contribution in [0.4, 0.5) is 5.82 Å². The number of pyridine rings is 1. The maximum Gasteiger partial charge on any atom is 0.307 e. The predicted molar refractivity (Wildman–Crippen MR) is 74.7 cm³/mol. The van der Waals surface area contributed by atoms with E-state index in [4.69, 9.17) is 21.6 Å². The highest BCUT2D eigenvalue weighted by molar-refractivity contribution is 6.34. The summed E-state index contributed by atoms with van der Waals surface area (Å²) in [6.45, 7) is 1.35. The summed E-state index contributed by atoms with van der Waals surface area (Å²) in [5, 5.41) is 9.25. The van der Waals surface area contributed by atoms with Gasteiger partial charge in [0.1, 0.15) is 16.9 Å². The number of carbonyl (C=O) groups is 1. The highest BCUT2D eigenvalue weighted by Crippen LogP contribution is 2.26. The van der Waals surface area contributed by atoms with Crippen LogP contribution in [0.1, 0.15) is 12.0 Å². The first-order chi connectivity index (χ1) is 9.63. The van der Waals surface area contributed by atoms with Gasteiger partial charge in [-0.05, 0) is 6.07 Å². The van der Waals surface area contributed by atoms with Crippen molar-refractivity contribution < 1.29 is 14.3 Å². The van der Waals surface area contributed by atoms with E-state index in [1.165, 1.54) is 13.3 Å². The Morgan fingerprint density at radius 3 is 2.85 bits per heavy atom. The molecule has 20 heavy (non-hydrogen) atoms. The molecule has 0 aliphatic rings. The first-order valence-corrected chi connectivity index (χ1v) is 6.37. The maximum absolute atomic E-state index is 11.2. The SMILES string of the molecule is COCCN(CCC(=O)OC)c1nccc(C#N)c1Cl. The molecule has 0 fully saturated rings. The largest absolute Gasteiger partial charge is 0.469 e. The number of aromatic nitrogens is 1. The molecule has 0 unspecified atom stereocenters. The van der Waals surface area contributed by atoms with Crippen molar-refractivity contribution in [1.82, 2.24) is 4.98 Å². The van der Waals surface area contributed by atoms with Gasteiger partial charge in [-0.15, -0.1) is 0 Å². The zero-order valence-electron chi connectivity index (χ0n) is 11.4. The van der Waals surface area contributed by atoms with Crippen molar-refractivity contribution in [3.63, 3.8) is 0 Å². The summed E-state index contributed by atoms with van der Waals surface area (Å²) in [5.74, 6) is 0.145. The summed E-state index contributed by atoms with van der Waals surface area (Å²) in [6, 6.07) is 3.54. The Hall–Kier alpha value is -1.84. The van der Waals surface area contributed by atoms with Gasteiger partial charge in [-0.2, -0.15) is 5.26 Å². The Bertz CT molecular complexity index is 502. The number of halogens is 1. The zero-order chi connectivity index (χ0) is 15.0. The second kappa shape index (κ2) is 8.35. The van der Waals surface area contributed by atoms with Crippen molar-refractivity contribution >= 4 is 23.4 Å². The molecule has 0 saturated heterocycles. The molecule has 108 valence electrons. The highest BCUT2D eigenvalue weighted by atomic mass is 35.5. The van der Waals surface area contributed by atoms with E-state index in [1.807, 2.05) is 6.07 Å². The van der Waals surface area contributed by atoms with Crippen LogP contribution in [0.25, 0.3) is 0 Å². The van der Waals surface area contributed by atoms with Gasteiger partial charge in [-0.25, -0.2) is 4.98 Å². The lowest BCUT2D eigenvalue weighted by Crippen LogP contribution is -2.31. The molecule has 0 spiro atoms. The lowest BCUT2D eigenvalue weighted by atomic mass is 10.2. The van der Waals surface area contributed by atoms with Gasteiger partial charge in [0.15, 0.2) is 0 Å². The lowest BCUT2D eigenvalue weighted by molar-refractivity contribution is -0.140. The summed E-state index contributed by atoms with van der Waals surface area (Å²) >= 11 is 6.15. The Balaban J connectivity index is 2.92. The first kappa shape index (κ1) is 16.2. The van der Waals surface area contributed by atoms with Crippen LogP contribution in [0.2, 0.25) is 5.02 Å². The Labute approximate surface area is 122 Å². The second-order valence-electron chi connectivity index (χ2n) is 3.91. The van der Waals surface area contributed by atoms with Crippen molar-refractivity contribution in [2.45, 2.75) is 6.42 Å². The standard InChI is InChI=1S/C13H16ClN3O3/c1-19-8-7-17(6-4-11(18)20-2)13-12(14)10(9-15)3-5-16-13/h3,5H,4,6-8H2,1-2H3. The normalized spacial score (nSPS) is 9.90. The fourth-order valence-corrected chi connectivity index (χ4v) is 1.87. The van der Waals surface area contributed by atoms with E-state index in [1.54, 1.807) is 18.1 Å². The van der Waals surface area contributed by atoms with Crippen molar-refractivity contribution in [3.05, 3.63) is 22.8 Å². The molecule has 0 aliphatic carbocycles. The van der Waals surface area contributed by atoms with E-state index < -0.39 is 0 Å². The average molecular weight is 298 g/mol. The molecule has 0 atom stereocenters. The summed E-state index contributed by atoms with van der Waals surface area (Å²) < 4.78 is 9.64. The summed E-state index contributed by atoms with van der Waals surface area (Å²) in [5.41, 5.74) is 0.345. The molecule has 0 aliphatic heterocycles. The monoisotopic (exact) mass is 297 g/mol. The third-order valence-electron chi connectivity index (χ3n) is 2.67. The fourth-order valence-electron chi connectivity index (χ4n) is 1.59. The molecule has 1 heterocycles. The third kappa shape index (κ3) is 4.37. The molecule has 1 rings (SSSR count). The van der Waals surface area contributed by atoms with Gasteiger partial charge >= 0.3 is 5.97 Å². The minimum Gasteiger partial charge on any atom is -0.469 e. The van der Waals surface area contributed by atoms with Crippen LogP contribution in [-0.4, -0.2) is 44.9 Å². The van der Waals surface area contributed by atoms with E-state index >= 15 is 0 Å². The molecule has 0 aromatic carbocycles. The molecule has 1 aromatic heterocycles. The van der Waals surface area contributed by atoms with Crippen LogP contribution in [0.5, 0.6) is 0 Å². The number of nitriles is 1. The second-order valence-corrected chi connectivity index (χ2v) is 4.29. The number of nitrogens with zero attached hydrogens (tertiary/aromatic N) is 3. The van der Waals surface area contributed by atoms with Crippen LogP contribution < -0.4 is 4.90 Å². The molecule has 0 saturated carbocycles. The van der Waals surface area contributed by atoms with E-state index in [0.717, 1.165) is 0 Å².